The zero-order chi connectivity index (χ0) is 19.1. The van der Waals surface area contributed by atoms with Crippen molar-refractivity contribution in [3.05, 3.63) is 59.9 Å². The molecule has 1 heterocycles. The normalized spacial score (nSPS) is 16.1. The van der Waals surface area contributed by atoms with Crippen molar-refractivity contribution >= 4 is 23.0 Å². The van der Waals surface area contributed by atoms with Crippen LogP contribution in [-0.4, -0.2) is 35.9 Å². The lowest BCUT2D eigenvalue weighted by Crippen LogP contribution is -2.39. The molecule has 0 amide bonds. The molecule has 1 aliphatic heterocycles. The van der Waals surface area contributed by atoms with E-state index in [-0.39, 0.29) is 11.9 Å². The Hall–Kier alpha value is -2.18. The monoisotopic (exact) mass is 388 g/mol. The van der Waals surface area contributed by atoms with Crippen LogP contribution >= 0.6 is 12.2 Å². The van der Waals surface area contributed by atoms with Gasteiger partial charge >= 0.3 is 0 Å². The van der Waals surface area contributed by atoms with Gasteiger partial charge in [0.25, 0.3) is 0 Å². The molecule has 0 aliphatic carbocycles. The highest BCUT2D eigenvalue weighted by atomic mass is 32.1. The maximum Gasteiger partial charge on any atom is 0.173 e. The van der Waals surface area contributed by atoms with Crippen LogP contribution in [0.5, 0.6) is 5.75 Å². The second-order valence-corrected chi connectivity index (χ2v) is 6.89. The van der Waals surface area contributed by atoms with Gasteiger partial charge in [0.1, 0.15) is 11.6 Å². The van der Waals surface area contributed by atoms with E-state index in [1.807, 2.05) is 31.2 Å². The summed E-state index contributed by atoms with van der Waals surface area (Å²) in [4.78, 5) is 2.07. The van der Waals surface area contributed by atoms with Gasteiger partial charge in [0.15, 0.2) is 5.11 Å². The minimum atomic E-state index is -0.240. The fourth-order valence-electron chi connectivity index (χ4n) is 3.11. The largest absolute Gasteiger partial charge is 0.492 e. The molecule has 1 aliphatic rings. The first kappa shape index (κ1) is 19.6. The number of halogens is 1. The van der Waals surface area contributed by atoms with E-state index in [1.54, 1.807) is 12.1 Å². The van der Waals surface area contributed by atoms with E-state index in [2.05, 4.69) is 10.2 Å². The van der Waals surface area contributed by atoms with Gasteiger partial charge in [-0.05, 0) is 61.8 Å². The number of hydrogen-bond acceptors (Lipinski definition) is 3. The molecule has 4 nitrogen and oxygen atoms in total. The molecule has 1 atom stereocenters. The number of para-hydroxylation sites is 2. The lowest BCUT2D eigenvalue weighted by atomic mass is 10.2. The third kappa shape index (κ3) is 5.65. The van der Waals surface area contributed by atoms with Gasteiger partial charge in [-0.2, -0.15) is 0 Å². The molecule has 27 heavy (non-hydrogen) atoms. The number of benzene rings is 2. The van der Waals surface area contributed by atoms with Crippen molar-refractivity contribution in [2.75, 3.05) is 25.1 Å². The summed E-state index contributed by atoms with van der Waals surface area (Å²) >= 11 is 5.69. The molecule has 144 valence electrons. The maximum absolute atomic E-state index is 13.2. The van der Waals surface area contributed by atoms with Gasteiger partial charge in [0.2, 0.25) is 0 Å². The molecular weight excluding hydrogens is 363 g/mol. The van der Waals surface area contributed by atoms with Crippen molar-refractivity contribution in [3.63, 3.8) is 0 Å². The summed E-state index contributed by atoms with van der Waals surface area (Å²) in [7, 11) is 0. The lowest BCUT2D eigenvalue weighted by Gasteiger charge is -2.28. The van der Waals surface area contributed by atoms with Gasteiger partial charge in [-0.1, -0.05) is 24.3 Å². The molecule has 6 heteroatoms. The number of ether oxygens (including phenoxy) is 2. The molecule has 1 unspecified atom stereocenters. The van der Waals surface area contributed by atoms with Crippen molar-refractivity contribution in [2.45, 2.75) is 32.4 Å². The molecule has 0 radical (unpaired) electrons. The predicted molar refractivity (Wildman–Crippen MR) is 110 cm³/mol. The highest BCUT2D eigenvalue weighted by Gasteiger charge is 2.21. The van der Waals surface area contributed by atoms with E-state index < -0.39 is 0 Å². The van der Waals surface area contributed by atoms with Gasteiger partial charge in [-0.25, -0.2) is 4.39 Å². The second-order valence-electron chi connectivity index (χ2n) is 6.50. The molecule has 1 saturated heterocycles. The highest BCUT2D eigenvalue weighted by molar-refractivity contribution is 7.80. The molecule has 1 fully saturated rings. The van der Waals surface area contributed by atoms with Crippen LogP contribution in [0.4, 0.5) is 10.1 Å². The number of hydrogen-bond donors (Lipinski definition) is 1. The van der Waals surface area contributed by atoms with Crippen molar-refractivity contribution in [1.29, 1.82) is 0 Å². The van der Waals surface area contributed by atoms with Gasteiger partial charge in [-0.15, -0.1) is 0 Å². The lowest BCUT2D eigenvalue weighted by molar-refractivity contribution is 0.0905. The minimum Gasteiger partial charge on any atom is -0.492 e. The van der Waals surface area contributed by atoms with E-state index >= 15 is 0 Å². The topological polar surface area (TPSA) is 33.7 Å². The predicted octanol–water partition coefficient (Wildman–Crippen LogP) is 4.60. The van der Waals surface area contributed by atoms with Gasteiger partial charge in [0, 0.05) is 19.7 Å². The van der Waals surface area contributed by atoms with E-state index in [9.17, 15) is 4.39 Å². The Morgan fingerprint density at radius 3 is 2.74 bits per heavy atom. The fourth-order valence-corrected chi connectivity index (χ4v) is 3.36. The fraction of sp³-hybridized carbons (Fsp3) is 0.381. The summed E-state index contributed by atoms with van der Waals surface area (Å²) in [6.45, 7) is 4.61. The number of rotatable bonds is 7. The average molecular weight is 389 g/mol. The van der Waals surface area contributed by atoms with Crippen LogP contribution in [0, 0.1) is 5.82 Å². The van der Waals surface area contributed by atoms with Crippen molar-refractivity contribution < 1.29 is 13.9 Å². The van der Waals surface area contributed by atoms with E-state index in [4.69, 9.17) is 21.7 Å². The zero-order valence-electron chi connectivity index (χ0n) is 15.5. The number of nitrogens with one attached hydrogen (secondary N) is 1. The maximum atomic E-state index is 13.2. The molecule has 2 aromatic carbocycles. The Morgan fingerprint density at radius 1 is 1.26 bits per heavy atom. The van der Waals surface area contributed by atoms with Crippen LogP contribution in [0.2, 0.25) is 0 Å². The number of nitrogens with zero attached hydrogens (tertiary/aromatic N) is 1. The Morgan fingerprint density at radius 2 is 2.04 bits per heavy atom. The van der Waals surface area contributed by atoms with E-state index in [0.717, 1.165) is 36.4 Å². The third-order valence-corrected chi connectivity index (χ3v) is 4.81. The van der Waals surface area contributed by atoms with E-state index in [1.165, 1.54) is 12.1 Å². The Bertz CT molecular complexity index is 748. The summed E-state index contributed by atoms with van der Waals surface area (Å²) in [5.41, 5.74) is 1.83. The summed E-state index contributed by atoms with van der Waals surface area (Å²) in [6, 6.07) is 14.3. The minimum absolute atomic E-state index is 0.160. The molecule has 2 aromatic rings. The summed E-state index contributed by atoms with van der Waals surface area (Å²) in [5, 5.41) is 3.90. The van der Waals surface area contributed by atoms with Crippen LogP contribution in [0.1, 0.15) is 25.3 Å². The number of thiocarbonyl (C=S) groups is 1. The smallest absolute Gasteiger partial charge is 0.173 e. The summed E-state index contributed by atoms with van der Waals surface area (Å²) in [5.74, 6) is 0.525. The second kappa shape index (κ2) is 9.67. The Labute approximate surface area is 165 Å². The molecule has 0 aromatic heterocycles. The molecule has 0 saturated carbocycles. The molecule has 1 N–H and O–H groups in total. The van der Waals surface area contributed by atoms with Crippen molar-refractivity contribution in [3.8, 4) is 5.75 Å². The van der Waals surface area contributed by atoms with Crippen LogP contribution in [-0.2, 0) is 11.3 Å². The molecule has 3 rings (SSSR count). The van der Waals surface area contributed by atoms with Gasteiger partial charge in [0.05, 0.1) is 18.4 Å². The van der Waals surface area contributed by atoms with Gasteiger partial charge < -0.3 is 19.7 Å². The van der Waals surface area contributed by atoms with Crippen LogP contribution in [0.25, 0.3) is 0 Å². The molecule has 0 spiro atoms. The Kier molecular flexibility index (Phi) is 7.01. The van der Waals surface area contributed by atoms with Gasteiger partial charge in [-0.3, -0.25) is 0 Å². The van der Waals surface area contributed by atoms with Crippen molar-refractivity contribution in [1.82, 2.24) is 4.90 Å². The first-order valence-electron chi connectivity index (χ1n) is 9.29. The van der Waals surface area contributed by atoms with Crippen LogP contribution in [0.15, 0.2) is 48.5 Å². The van der Waals surface area contributed by atoms with Crippen molar-refractivity contribution in [2.24, 2.45) is 0 Å². The summed E-state index contributed by atoms with van der Waals surface area (Å²) < 4.78 is 24.7. The molecule has 0 bridgehead atoms. The zero-order valence-corrected chi connectivity index (χ0v) is 16.3. The first-order chi connectivity index (χ1) is 13.2. The van der Waals surface area contributed by atoms with Crippen LogP contribution < -0.4 is 10.1 Å². The highest BCUT2D eigenvalue weighted by Crippen LogP contribution is 2.25. The summed E-state index contributed by atoms with van der Waals surface area (Å²) in [6.07, 6.45) is 2.26. The molecular formula is C21H25FN2O2S. The SMILES string of the molecule is CCOc1ccccc1NC(=S)N(Cc1ccc(F)cc1)CC1CCCO1. The standard InChI is InChI=1S/C21H25FN2O2S/c1-2-25-20-8-4-3-7-19(20)23-21(27)24(15-18-6-5-13-26-18)14-16-9-11-17(22)12-10-16/h3-4,7-12,18H,2,5-6,13-15H2,1H3,(H,23,27). The Balaban J connectivity index is 1.74. The first-order valence-corrected chi connectivity index (χ1v) is 9.70. The quantitative estimate of drug-likeness (QED) is 0.701. The average Bonchev–Trinajstić information content (AvgIpc) is 3.18. The van der Waals surface area contributed by atoms with Crippen LogP contribution in [0.3, 0.4) is 0 Å². The number of anilines is 1. The third-order valence-electron chi connectivity index (χ3n) is 4.45. The van der Waals surface area contributed by atoms with E-state index in [0.29, 0.717) is 24.8 Å².